The Kier molecular flexibility index (Phi) is 5.05. The predicted octanol–water partition coefficient (Wildman–Crippen LogP) is 1.69. The van der Waals surface area contributed by atoms with Crippen LogP contribution in [0.4, 0.5) is 5.82 Å². The highest BCUT2D eigenvalue weighted by Crippen LogP contribution is 2.29. The van der Waals surface area contributed by atoms with Gasteiger partial charge < -0.3 is 10.5 Å². The zero-order valence-electron chi connectivity index (χ0n) is 13.3. The third-order valence-electron chi connectivity index (χ3n) is 3.70. The first-order chi connectivity index (χ1) is 12.3. The number of amides is 2. The topological polar surface area (TPSA) is 120 Å². The number of nitrogens with one attached hydrogen (secondary N) is 1. The maximum atomic E-state index is 12.6. The number of aromatic nitrogens is 1. The smallest absolute Gasteiger partial charge is 0.338 e. The molecule has 2 heterocycles. The maximum absolute atomic E-state index is 12.6. The third kappa shape index (κ3) is 3.00. The first-order valence-corrected chi connectivity index (χ1v) is 9.49. The molecule has 0 aliphatic carbocycles. The van der Waals surface area contributed by atoms with E-state index in [1.165, 1.54) is 0 Å². The average Bonchev–Trinajstić information content (AvgIpc) is 2.83. The van der Waals surface area contributed by atoms with E-state index in [-0.39, 0.29) is 23.6 Å². The number of carbonyl (C=O) groups excluding carboxylic acids is 3. The number of nitrogen functional groups attached to an aromatic ring is 1. The molecule has 1 aromatic heterocycles. The molecule has 2 aromatic rings. The number of hydrogen-bond donors (Lipinski definition) is 2. The SMILES string of the molecule is CCOC(=O)c1cc(I)c(-n2c(N)c3c(cc2=O)C(=O)NC3=O)c(I)c1. The van der Waals surface area contributed by atoms with E-state index >= 15 is 0 Å². The van der Waals surface area contributed by atoms with Crippen LogP contribution in [-0.4, -0.2) is 29.0 Å². The van der Waals surface area contributed by atoms with Crippen LogP contribution < -0.4 is 16.6 Å². The summed E-state index contributed by atoms with van der Waals surface area (Å²) in [7, 11) is 0. The van der Waals surface area contributed by atoms with Crippen molar-refractivity contribution >= 4 is 68.8 Å². The monoisotopic (exact) mass is 579 g/mol. The van der Waals surface area contributed by atoms with Gasteiger partial charge in [-0.3, -0.25) is 24.3 Å². The van der Waals surface area contributed by atoms with Crippen LogP contribution in [0.2, 0.25) is 0 Å². The molecule has 2 amide bonds. The fourth-order valence-corrected chi connectivity index (χ4v) is 4.87. The lowest BCUT2D eigenvalue weighted by atomic mass is 10.1. The molecule has 1 aliphatic rings. The van der Waals surface area contributed by atoms with E-state index in [1.807, 2.05) is 45.2 Å². The van der Waals surface area contributed by atoms with E-state index in [4.69, 9.17) is 10.5 Å². The highest BCUT2D eigenvalue weighted by atomic mass is 127. The van der Waals surface area contributed by atoms with Crippen LogP contribution in [0.25, 0.3) is 5.69 Å². The molecule has 8 nitrogen and oxygen atoms in total. The number of rotatable bonds is 3. The van der Waals surface area contributed by atoms with Gasteiger partial charge in [0.05, 0.1) is 29.0 Å². The second-order valence-electron chi connectivity index (χ2n) is 5.28. The maximum Gasteiger partial charge on any atom is 0.338 e. The first-order valence-electron chi connectivity index (χ1n) is 7.34. The molecule has 0 bridgehead atoms. The van der Waals surface area contributed by atoms with Crippen molar-refractivity contribution in [3.05, 3.63) is 52.4 Å². The molecule has 1 aromatic carbocycles. The summed E-state index contributed by atoms with van der Waals surface area (Å²) in [6.07, 6.45) is 0. The fourth-order valence-electron chi connectivity index (χ4n) is 2.62. The molecule has 0 spiro atoms. The van der Waals surface area contributed by atoms with Crippen molar-refractivity contribution in [2.24, 2.45) is 0 Å². The lowest BCUT2D eigenvalue weighted by Gasteiger charge is -2.16. The quantitative estimate of drug-likeness (QED) is 0.325. The van der Waals surface area contributed by atoms with E-state index in [0.29, 0.717) is 18.4 Å². The van der Waals surface area contributed by atoms with Crippen molar-refractivity contribution in [1.82, 2.24) is 9.88 Å². The van der Waals surface area contributed by atoms with Crippen LogP contribution in [-0.2, 0) is 4.74 Å². The van der Waals surface area contributed by atoms with E-state index in [0.717, 1.165) is 10.6 Å². The predicted molar refractivity (Wildman–Crippen MR) is 110 cm³/mol. The summed E-state index contributed by atoms with van der Waals surface area (Å²) in [6, 6.07) is 4.22. The summed E-state index contributed by atoms with van der Waals surface area (Å²) in [4.78, 5) is 48.3. The minimum absolute atomic E-state index is 0.0318. The Labute approximate surface area is 174 Å². The highest BCUT2D eigenvalue weighted by molar-refractivity contribution is 14.1. The highest BCUT2D eigenvalue weighted by Gasteiger charge is 2.32. The number of pyridine rings is 1. The van der Waals surface area contributed by atoms with Crippen LogP contribution in [0.15, 0.2) is 23.0 Å². The van der Waals surface area contributed by atoms with E-state index in [9.17, 15) is 19.2 Å². The molecule has 1 aliphatic heterocycles. The molecule has 3 N–H and O–H groups in total. The van der Waals surface area contributed by atoms with Gasteiger partial charge in [-0.15, -0.1) is 0 Å². The molecule has 134 valence electrons. The van der Waals surface area contributed by atoms with Gasteiger partial charge in [-0.2, -0.15) is 0 Å². The van der Waals surface area contributed by atoms with Gasteiger partial charge in [0.2, 0.25) is 0 Å². The molecule has 3 rings (SSSR count). The summed E-state index contributed by atoms with van der Waals surface area (Å²) in [5.74, 6) is -1.91. The number of carbonyl (C=O) groups is 3. The standard InChI is InChI=1S/C16H11I2N3O5/c1-2-26-16(25)6-3-8(17)12(9(18)4-6)21-10(22)5-7-11(13(21)19)15(24)20-14(7)23/h3-5H,2,19H2,1H3,(H,20,23,24). The number of nitrogens with zero attached hydrogens (tertiary/aromatic N) is 1. The van der Waals surface area contributed by atoms with Crippen molar-refractivity contribution < 1.29 is 19.1 Å². The Morgan fingerprint density at radius 3 is 2.35 bits per heavy atom. The van der Waals surface area contributed by atoms with Crippen molar-refractivity contribution in [1.29, 1.82) is 0 Å². The van der Waals surface area contributed by atoms with E-state index in [1.54, 1.807) is 19.1 Å². The molecular formula is C16H11I2N3O5. The largest absolute Gasteiger partial charge is 0.462 e. The summed E-state index contributed by atoms with van der Waals surface area (Å²) >= 11 is 3.94. The number of anilines is 1. The van der Waals surface area contributed by atoms with Crippen LogP contribution in [0.1, 0.15) is 38.0 Å². The number of hydrogen-bond acceptors (Lipinski definition) is 6. The molecule has 0 atom stereocenters. The van der Waals surface area contributed by atoms with E-state index in [2.05, 4.69) is 5.32 Å². The summed E-state index contributed by atoms with van der Waals surface area (Å²) in [6.45, 7) is 1.95. The minimum atomic E-state index is -0.650. The van der Waals surface area contributed by atoms with Crippen LogP contribution in [0.5, 0.6) is 0 Å². The van der Waals surface area contributed by atoms with Crippen LogP contribution in [0, 0.1) is 7.14 Å². The van der Waals surface area contributed by atoms with Gasteiger partial charge in [0.25, 0.3) is 17.4 Å². The molecule has 0 saturated carbocycles. The Morgan fingerprint density at radius 2 is 1.77 bits per heavy atom. The van der Waals surface area contributed by atoms with Crippen LogP contribution in [0.3, 0.4) is 0 Å². The van der Waals surface area contributed by atoms with Gasteiger partial charge in [0, 0.05) is 13.2 Å². The second-order valence-corrected chi connectivity index (χ2v) is 7.61. The minimum Gasteiger partial charge on any atom is -0.462 e. The number of imide groups is 1. The zero-order chi connectivity index (χ0) is 19.2. The molecular weight excluding hydrogens is 568 g/mol. The lowest BCUT2D eigenvalue weighted by Crippen LogP contribution is -2.25. The second kappa shape index (κ2) is 6.98. The summed E-state index contributed by atoms with van der Waals surface area (Å²) in [5.41, 5.74) is 6.20. The average molecular weight is 579 g/mol. The Bertz CT molecular complexity index is 1020. The molecule has 10 heteroatoms. The van der Waals surface area contributed by atoms with Gasteiger partial charge >= 0.3 is 5.97 Å². The number of ether oxygens (including phenoxy) is 1. The normalized spacial score (nSPS) is 12.7. The van der Waals surface area contributed by atoms with Crippen molar-refractivity contribution in [2.75, 3.05) is 12.3 Å². The Hall–Kier alpha value is -1.96. The van der Waals surface area contributed by atoms with Crippen LogP contribution >= 0.6 is 45.2 Å². The van der Waals surface area contributed by atoms with E-state index < -0.39 is 23.3 Å². The number of nitrogens with two attached hydrogens (primary N) is 1. The summed E-state index contributed by atoms with van der Waals surface area (Å²) in [5, 5.41) is 2.12. The number of benzene rings is 1. The fraction of sp³-hybridized carbons (Fsp3) is 0.125. The Morgan fingerprint density at radius 1 is 1.15 bits per heavy atom. The Balaban J connectivity index is 2.24. The summed E-state index contributed by atoms with van der Waals surface area (Å²) < 4.78 is 7.28. The number of esters is 1. The first kappa shape index (κ1) is 18.8. The van der Waals surface area contributed by atoms with Crippen molar-refractivity contribution in [3.63, 3.8) is 0 Å². The molecule has 26 heavy (non-hydrogen) atoms. The number of fused-ring (bicyclic) bond motifs is 1. The van der Waals surface area contributed by atoms with Crippen molar-refractivity contribution in [3.8, 4) is 5.69 Å². The molecule has 0 unspecified atom stereocenters. The van der Waals surface area contributed by atoms with Crippen molar-refractivity contribution in [2.45, 2.75) is 6.92 Å². The molecule has 0 saturated heterocycles. The van der Waals surface area contributed by atoms with Gasteiger partial charge in [0.1, 0.15) is 5.82 Å². The zero-order valence-corrected chi connectivity index (χ0v) is 17.6. The van der Waals surface area contributed by atoms with Gasteiger partial charge in [-0.25, -0.2) is 4.79 Å². The molecule has 0 fully saturated rings. The number of halogens is 2. The van der Waals surface area contributed by atoms with Gasteiger partial charge in [0.15, 0.2) is 0 Å². The van der Waals surface area contributed by atoms with Gasteiger partial charge in [-0.05, 0) is 64.2 Å². The van der Waals surface area contributed by atoms with Gasteiger partial charge in [-0.1, -0.05) is 0 Å². The third-order valence-corrected chi connectivity index (χ3v) is 5.35. The lowest BCUT2D eigenvalue weighted by molar-refractivity contribution is 0.0525. The molecule has 0 radical (unpaired) electrons.